The maximum absolute atomic E-state index is 14.3. The van der Waals surface area contributed by atoms with Crippen molar-refractivity contribution in [1.29, 1.82) is 0 Å². The minimum atomic E-state index is -4.18. The third-order valence-corrected chi connectivity index (χ3v) is 8.95. The van der Waals surface area contributed by atoms with Gasteiger partial charge in [-0.05, 0) is 66.9 Å². The second-order valence-corrected chi connectivity index (χ2v) is 11.9. The number of nitrogens with one attached hydrogen (secondary N) is 1. The van der Waals surface area contributed by atoms with Crippen LogP contribution >= 0.6 is 0 Å². The molecule has 224 valence electrons. The van der Waals surface area contributed by atoms with Crippen molar-refractivity contribution in [3.8, 4) is 5.75 Å². The lowest BCUT2D eigenvalue weighted by atomic mass is 10.0. The van der Waals surface area contributed by atoms with Crippen LogP contribution in [-0.4, -0.2) is 51.4 Å². The summed E-state index contributed by atoms with van der Waals surface area (Å²) >= 11 is 0. The minimum absolute atomic E-state index is 0.0187. The van der Waals surface area contributed by atoms with E-state index in [-0.39, 0.29) is 23.8 Å². The standard InChI is InChI=1S/C34H37N3O5S/c1-4-42-30-19-21-31(22-20-30)43(40,41)37(29-17-9-6-10-18-29)25-33(38)36(24-28-16-12-11-13-26(28)2)32(34(39)35-3)23-27-14-7-5-8-15-27/h5-22,32H,4,23-25H2,1-3H3,(H,35,39)/t32-/m1/s1. The predicted octanol–water partition coefficient (Wildman–Crippen LogP) is 4.98. The molecule has 0 bridgehead atoms. The summed E-state index contributed by atoms with van der Waals surface area (Å²) in [6, 6.07) is 30.8. The summed E-state index contributed by atoms with van der Waals surface area (Å²) in [6.45, 7) is 3.86. The van der Waals surface area contributed by atoms with Crippen LogP contribution in [0.3, 0.4) is 0 Å². The lowest BCUT2D eigenvalue weighted by molar-refractivity contribution is -0.139. The number of sulfonamides is 1. The van der Waals surface area contributed by atoms with E-state index in [1.807, 2.05) is 68.4 Å². The zero-order valence-corrected chi connectivity index (χ0v) is 25.5. The van der Waals surface area contributed by atoms with Gasteiger partial charge >= 0.3 is 0 Å². The second-order valence-electron chi connectivity index (χ2n) is 10.0. The zero-order valence-electron chi connectivity index (χ0n) is 24.6. The number of para-hydroxylation sites is 1. The maximum Gasteiger partial charge on any atom is 0.264 e. The number of carbonyl (C=O) groups excluding carboxylic acids is 2. The van der Waals surface area contributed by atoms with E-state index in [4.69, 9.17) is 4.74 Å². The van der Waals surface area contributed by atoms with Crippen molar-refractivity contribution >= 4 is 27.5 Å². The van der Waals surface area contributed by atoms with E-state index >= 15 is 0 Å². The Kier molecular flexibility index (Phi) is 10.6. The minimum Gasteiger partial charge on any atom is -0.494 e. The number of hydrogen-bond acceptors (Lipinski definition) is 5. The number of anilines is 1. The van der Waals surface area contributed by atoms with Crippen LogP contribution in [0.15, 0.2) is 114 Å². The fraction of sp³-hybridized carbons (Fsp3) is 0.235. The highest BCUT2D eigenvalue weighted by Crippen LogP contribution is 2.26. The largest absolute Gasteiger partial charge is 0.494 e. The highest BCUT2D eigenvalue weighted by atomic mass is 32.2. The van der Waals surface area contributed by atoms with Gasteiger partial charge in [-0.3, -0.25) is 13.9 Å². The predicted molar refractivity (Wildman–Crippen MR) is 168 cm³/mol. The SMILES string of the molecule is CCOc1ccc(S(=O)(=O)N(CC(=O)N(Cc2ccccc2C)[C@H](Cc2ccccc2)C(=O)NC)c2ccccc2)cc1. The van der Waals surface area contributed by atoms with Crippen LogP contribution < -0.4 is 14.4 Å². The average Bonchev–Trinajstić information content (AvgIpc) is 3.03. The molecule has 4 aromatic rings. The Labute approximate surface area is 254 Å². The Hall–Kier alpha value is -4.63. The molecule has 0 saturated carbocycles. The van der Waals surface area contributed by atoms with E-state index in [9.17, 15) is 18.0 Å². The van der Waals surface area contributed by atoms with Crippen molar-refractivity contribution in [2.24, 2.45) is 0 Å². The molecular formula is C34H37N3O5S. The quantitative estimate of drug-likeness (QED) is 0.234. The van der Waals surface area contributed by atoms with Gasteiger partial charge in [0, 0.05) is 20.0 Å². The molecule has 4 rings (SSSR count). The Bertz CT molecular complexity index is 1610. The van der Waals surface area contributed by atoms with Crippen LogP contribution in [0.4, 0.5) is 5.69 Å². The molecule has 43 heavy (non-hydrogen) atoms. The first-order valence-electron chi connectivity index (χ1n) is 14.1. The Morgan fingerprint density at radius 2 is 1.44 bits per heavy atom. The molecule has 0 spiro atoms. The molecule has 1 N–H and O–H groups in total. The molecule has 0 heterocycles. The Morgan fingerprint density at radius 1 is 0.837 bits per heavy atom. The van der Waals surface area contributed by atoms with Crippen LogP contribution in [0.1, 0.15) is 23.6 Å². The number of amides is 2. The highest BCUT2D eigenvalue weighted by molar-refractivity contribution is 7.92. The summed E-state index contributed by atoms with van der Waals surface area (Å²) in [7, 11) is -2.64. The van der Waals surface area contributed by atoms with Crippen LogP contribution in [0, 0.1) is 6.92 Å². The topological polar surface area (TPSA) is 96.0 Å². The number of aryl methyl sites for hydroxylation is 1. The Balaban J connectivity index is 1.76. The maximum atomic E-state index is 14.3. The Morgan fingerprint density at radius 3 is 2.05 bits per heavy atom. The summed E-state index contributed by atoms with van der Waals surface area (Å²) in [6.07, 6.45) is 0.259. The first-order valence-corrected chi connectivity index (χ1v) is 15.6. The van der Waals surface area contributed by atoms with E-state index in [0.29, 0.717) is 18.0 Å². The number of carbonyl (C=O) groups is 2. The normalized spacial score (nSPS) is 11.8. The van der Waals surface area contributed by atoms with Crippen molar-refractivity contribution in [3.63, 3.8) is 0 Å². The number of rotatable bonds is 13. The molecule has 1 atom stereocenters. The van der Waals surface area contributed by atoms with Crippen molar-refractivity contribution in [1.82, 2.24) is 10.2 Å². The van der Waals surface area contributed by atoms with Crippen molar-refractivity contribution in [2.45, 2.75) is 37.8 Å². The molecule has 0 fully saturated rings. The van der Waals surface area contributed by atoms with Gasteiger partial charge in [0.05, 0.1) is 17.2 Å². The van der Waals surface area contributed by atoms with Gasteiger partial charge in [0.25, 0.3) is 10.0 Å². The van der Waals surface area contributed by atoms with Gasteiger partial charge in [0.15, 0.2) is 0 Å². The summed E-state index contributed by atoms with van der Waals surface area (Å²) in [4.78, 5) is 29.2. The molecule has 0 aliphatic heterocycles. The van der Waals surface area contributed by atoms with Gasteiger partial charge in [-0.15, -0.1) is 0 Å². The van der Waals surface area contributed by atoms with E-state index in [2.05, 4.69) is 5.32 Å². The van der Waals surface area contributed by atoms with E-state index in [1.165, 1.54) is 24.1 Å². The number of benzene rings is 4. The summed E-state index contributed by atoms with van der Waals surface area (Å²) in [5, 5.41) is 2.70. The monoisotopic (exact) mass is 599 g/mol. The van der Waals surface area contributed by atoms with Crippen LogP contribution in [0.2, 0.25) is 0 Å². The van der Waals surface area contributed by atoms with Crippen LogP contribution in [0.25, 0.3) is 0 Å². The average molecular weight is 600 g/mol. The molecule has 9 heteroatoms. The highest BCUT2D eigenvalue weighted by Gasteiger charge is 2.34. The second kappa shape index (κ2) is 14.5. The molecule has 0 saturated heterocycles. The van der Waals surface area contributed by atoms with Gasteiger partial charge in [0.2, 0.25) is 11.8 Å². The lowest BCUT2D eigenvalue weighted by Gasteiger charge is -2.34. The third-order valence-electron chi connectivity index (χ3n) is 7.17. The smallest absolute Gasteiger partial charge is 0.264 e. The van der Waals surface area contributed by atoms with Gasteiger partial charge < -0.3 is 15.0 Å². The number of likely N-dealkylation sites (N-methyl/N-ethyl adjacent to an activating group) is 1. The molecule has 0 aromatic heterocycles. The number of hydrogen-bond donors (Lipinski definition) is 1. The van der Waals surface area contributed by atoms with Gasteiger partial charge in [-0.1, -0.05) is 72.8 Å². The van der Waals surface area contributed by atoms with Crippen molar-refractivity contribution in [3.05, 3.63) is 126 Å². The van der Waals surface area contributed by atoms with E-state index in [0.717, 1.165) is 21.0 Å². The number of nitrogens with zero attached hydrogens (tertiary/aromatic N) is 2. The molecule has 4 aromatic carbocycles. The lowest BCUT2D eigenvalue weighted by Crippen LogP contribution is -2.53. The molecule has 0 radical (unpaired) electrons. The van der Waals surface area contributed by atoms with Crippen molar-refractivity contribution < 1.29 is 22.7 Å². The molecular weight excluding hydrogens is 562 g/mol. The van der Waals surface area contributed by atoms with Gasteiger partial charge in [-0.25, -0.2) is 8.42 Å². The molecule has 0 aliphatic carbocycles. The van der Waals surface area contributed by atoms with Gasteiger partial charge in [0.1, 0.15) is 18.3 Å². The fourth-order valence-electron chi connectivity index (χ4n) is 4.82. The van der Waals surface area contributed by atoms with Gasteiger partial charge in [-0.2, -0.15) is 0 Å². The van der Waals surface area contributed by atoms with E-state index in [1.54, 1.807) is 42.5 Å². The molecule has 2 amide bonds. The van der Waals surface area contributed by atoms with E-state index < -0.39 is 28.5 Å². The molecule has 0 aliphatic rings. The number of ether oxygens (including phenoxy) is 1. The van der Waals surface area contributed by atoms with Crippen LogP contribution in [0.5, 0.6) is 5.75 Å². The molecule has 0 unspecified atom stereocenters. The summed E-state index contributed by atoms with van der Waals surface area (Å²) in [5.74, 6) is -0.305. The summed E-state index contributed by atoms with van der Waals surface area (Å²) in [5.41, 5.74) is 3.02. The fourth-order valence-corrected chi connectivity index (χ4v) is 6.23. The first kappa shape index (κ1) is 31.3. The first-order chi connectivity index (χ1) is 20.7. The van der Waals surface area contributed by atoms with Crippen molar-refractivity contribution in [2.75, 3.05) is 24.5 Å². The zero-order chi connectivity index (χ0) is 30.8. The molecule has 8 nitrogen and oxygen atoms in total. The summed E-state index contributed by atoms with van der Waals surface area (Å²) < 4.78 is 34.7. The van der Waals surface area contributed by atoms with Crippen LogP contribution in [-0.2, 0) is 32.6 Å². The third kappa shape index (κ3) is 7.81.